The number of aromatic amines is 1. The molecule has 0 atom stereocenters. The lowest BCUT2D eigenvalue weighted by molar-refractivity contribution is 0.936. The predicted molar refractivity (Wildman–Crippen MR) is 78.6 cm³/mol. The SMILES string of the molecule is CC.CC.CCc1nc(C)c2c(CN)c[nH]c2n1. The van der Waals surface area contributed by atoms with Crippen LogP contribution in [0, 0.1) is 6.92 Å². The van der Waals surface area contributed by atoms with Gasteiger partial charge in [-0.05, 0) is 12.5 Å². The fraction of sp³-hybridized carbons (Fsp3) is 0.571. The summed E-state index contributed by atoms with van der Waals surface area (Å²) in [7, 11) is 0. The first-order chi connectivity index (χ1) is 8.76. The van der Waals surface area contributed by atoms with Crippen molar-refractivity contribution in [2.24, 2.45) is 5.73 Å². The molecule has 0 aliphatic rings. The average molecular weight is 250 g/mol. The van der Waals surface area contributed by atoms with E-state index in [4.69, 9.17) is 5.73 Å². The first-order valence-electron chi connectivity index (χ1n) is 6.79. The number of nitrogens with zero attached hydrogens (tertiary/aromatic N) is 2. The zero-order valence-corrected chi connectivity index (χ0v) is 12.5. The first-order valence-corrected chi connectivity index (χ1v) is 6.79. The van der Waals surface area contributed by atoms with Crippen LogP contribution in [0.5, 0.6) is 0 Å². The Kier molecular flexibility index (Phi) is 7.96. The standard InChI is InChI=1S/C10H14N4.2C2H6/c1-3-8-13-6(2)9-7(4-11)5-12-10(9)14-8;2*1-2/h5H,3-4,11H2,1-2H3,(H,12,13,14);2*1-2H3. The molecule has 4 heteroatoms. The Morgan fingerprint density at radius 2 is 1.78 bits per heavy atom. The van der Waals surface area contributed by atoms with E-state index < -0.39 is 0 Å². The Hall–Kier alpha value is -1.42. The molecule has 102 valence electrons. The summed E-state index contributed by atoms with van der Waals surface area (Å²) in [5.41, 5.74) is 8.61. The van der Waals surface area contributed by atoms with E-state index in [0.717, 1.165) is 34.5 Å². The van der Waals surface area contributed by atoms with Crippen LogP contribution < -0.4 is 5.73 Å². The summed E-state index contributed by atoms with van der Waals surface area (Å²) in [5, 5.41) is 1.07. The Labute approximate surface area is 110 Å². The lowest BCUT2D eigenvalue weighted by Gasteiger charge is -2.01. The highest BCUT2D eigenvalue weighted by molar-refractivity contribution is 5.82. The maximum Gasteiger partial charge on any atom is 0.141 e. The van der Waals surface area contributed by atoms with Gasteiger partial charge in [-0.25, -0.2) is 9.97 Å². The molecule has 0 aliphatic heterocycles. The van der Waals surface area contributed by atoms with Crippen molar-refractivity contribution in [3.05, 3.63) is 23.3 Å². The average Bonchev–Trinajstić information content (AvgIpc) is 2.86. The largest absolute Gasteiger partial charge is 0.346 e. The number of nitrogens with one attached hydrogen (secondary N) is 1. The summed E-state index contributed by atoms with van der Waals surface area (Å²) in [4.78, 5) is 11.9. The van der Waals surface area contributed by atoms with Gasteiger partial charge in [0.15, 0.2) is 0 Å². The quantitative estimate of drug-likeness (QED) is 0.859. The van der Waals surface area contributed by atoms with E-state index in [2.05, 4.69) is 15.0 Å². The summed E-state index contributed by atoms with van der Waals surface area (Å²) >= 11 is 0. The predicted octanol–water partition coefficient (Wildman–Crippen LogP) is 3.34. The third-order valence-electron chi connectivity index (χ3n) is 2.38. The molecule has 0 fully saturated rings. The van der Waals surface area contributed by atoms with E-state index in [1.165, 1.54) is 0 Å². The van der Waals surface area contributed by atoms with Gasteiger partial charge in [-0.2, -0.15) is 0 Å². The second-order valence-electron chi connectivity index (χ2n) is 3.32. The Bertz CT molecular complexity index is 460. The maximum absolute atomic E-state index is 5.62. The van der Waals surface area contributed by atoms with E-state index in [9.17, 15) is 0 Å². The Morgan fingerprint density at radius 1 is 1.17 bits per heavy atom. The summed E-state index contributed by atoms with van der Waals surface area (Å²) in [5.74, 6) is 0.875. The number of H-pyrrole nitrogens is 1. The number of aromatic nitrogens is 3. The summed E-state index contributed by atoms with van der Waals surface area (Å²) < 4.78 is 0. The summed E-state index contributed by atoms with van der Waals surface area (Å²) in [6.07, 6.45) is 2.76. The molecule has 0 radical (unpaired) electrons. The minimum absolute atomic E-state index is 0.523. The molecular formula is C14H26N4. The van der Waals surface area contributed by atoms with Gasteiger partial charge in [0.25, 0.3) is 0 Å². The molecule has 4 nitrogen and oxygen atoms in total. The van der Waals surface area contributed by atoms with Crippen LogP contribution in [-0.2, 0) is 13.0 Å². The molecule has 0 aliphatic carbocycles. The molecular weight excluding hydrogens is 224 g/mol. The van der Waals surface area contributed by atoms with Crippen LogP contribution >= 0.6 is 0 Å². The third kappa shape index (κ3) is 3.53. The molecule has 0 unspecified atom stereocenters. The van der Waals surface area contributed by atoms with Crippen molar-refractivity contribution in [3.63, 3.8) is 0 Å². The minimum atomic E-state index is 0.523. The van der Waals surface area contributed by atoms with Crippen LogP contribution in [0.3, 0.4) is 0 Å². The fourth-order valence-corrected chi connectivity index (χ4v) is 1.67. The van der Waals surface area contributed by atoms with E-state index >= 15 is 0 Å². The molecule has 0 aromatic carbocycles. The van der Waals surface area contributed by atoms with Crippen molar-refractivity contribution in [3.8, 4) is 0 Å². The lowest BCUT2D eigenvalue weighted by Crippen LogP contribution is -1.99. The topological polar surface area (TPSA) is 67.6 Å². The van der Waals surface area contributed by atoms with Crippen LogP contribution in [0.25, 0.3) is 11.0 Å². The summed E-state index contributed by atoms with van der Waals surface area (Å²) in [6, 6.07) is 0. The zero-order valence-electron chi connectivity index (χ0n) is 12.5. The van der Waals surface area contributed by atoms with Gasteiger partial charge in [-0.1, -0.05) is 34.6 Å². The van der Waals surface area contributed by atoms with Crippen molar-refractivity contribution in [2.45, 2.75) is 54.5 Å². The van der Waals surface area contributed by atoms with Gasteiger partial charge >= 0.3 is 0 Å². The molecule has 18 heavy (non-hydrogen) atoms. The van der Waals surface area contributed by atoms with Crippen molar-refractivity contribution >= 4 is 11.0 Å². The van der Waals surface area contributed by atoms with Gasteiger partial charge in [-0.3, -0.25) is 0 Å². The zero-order chi connectivity index (χ0) is 14.1. The van der Waals surface area contributed by atoms with Gasteiger partial charge < -0.3 is 10.7 Å². The molecule has 0 saturated carbocycles. The molecule has 0 amide bonds. The van der Waals surface area contributed by atoms with E-state index in [1.54, 1.807) is 0 Å². The van der Waals surface area contributed by atoms with Crippen molar-refractivity contribution < 1.29 is 0 Å². The van der Waals surface area contributed by atoms with Crippen LogP contribution in [0.4, 0.5) is 0 Å². The lowest BCUT2D eigenvalue weighted by atomic mass is 10.2. The molecule has 0 spiro atoms. The minimum Gasteiger partial charge on any atom is -0.346 e. The molecule has 2 heterocycles. The molecule has 0 saturated heterocycles. The van der Waals surface area contributed by atoms with Crippen LogP contribution in [0.2, 0.25) is 0 Å². The second-order valence-corrected chi connectivity index (χ2v) is 3.32. The highest BCUT2D eigenvalue weighted by Crippen LogP contribution is 2.19. The van der Waals surface area contributed by atoms with Crippen LogP contribution in [0.1, 0.15) is 51.7 Å². The van der Waals surface area contributed by atoms with Crippen LogP contribution in [0.15, 0.2) is 6.20 Å². The molecule has 3 N–H and O–H groups in total. The number of fused-ring (bicyclic) bond motifs is 1. The van der Waals surface area contributed by atoms with E-state index in [0.29, 0.717) is 6.54 Å². The number of hydrogen-bond donors (Lipinski definition) is 2. The Balaban J connectivity index is 0.000000659. The van der Waals surface area contributed by atoms with Gasteiger partial charge in [0, 0.05) is 24.5 Å². The normalized spacial score (nSPS) is 9.28. The molecule has 2 aromatic rings. The van der Waals surface area contributed by atoms with Gasteiger partial charge in [0.2, 0.25) is 0 Å². The van der Waals surface area contributed by atoms with Gasteiger partial charge in [-0.15, -0.1) is 0 Å². The fourth-order valence-electron chi connectivity index (χ4n) is 1.67. The number of hydrogen-bond acceptors (Lipinski definition) is 3. The van der Waals surface area contributed by atoms with Crippen molar-refractivity contribution in [1.29, 1.82) is 0 Å². The molecule has 2 aromatic heterocycles. The number of rotatable bonds is 2. The summed E-state index contributed by atoms with van der Waals surface area (Å²) in [6.45, 7) is 12.6. The monoisotopic (exact) mass is 250 g/mol. The maximum atomic E-state index is 5.62. The van der Waals surface area contributed by atoms with E-state index in [-0.39, 0.29) is 0 Å². The highest BCUT2D eigenvalue weighted by atomic mass is 14.9. The number of nitrogens with two attached hydrogens (primary N) is 1. The van der Waals surface area contributed by atoms with Gasteiger partial charge in [0.1, 0.15) is 11.5 Å². The highest BCUT2D eigenvalue weighted by Gasteiger charge is 2.08. The molecule has 0 bridgehead atoms. The number of aryl methyl sites for hydroxylation is 2. The second kappa shape index (κ2) is 8.64. The van der Waals surface area contributed by atoms with Crippen LogP contribution in [-0.4, -0.2) is 15.0 Å². The van der Waals surface area contributed by atoms with E-state index in [1.807, 2.05) is 47.7 Å². The first kappa shape index (κ1) is 16.6. The van der Waals surface area contributed by atoms with Gasteiger partial charge in [0.05, 0.1) is 5.69 Å². The van der Waals surface area contributed by atoms with Crippen molar-refractivity contribution in [2.75, 3.05) is 0 Å². The molecule has 2 rings (SSSR count). The third-order valence-corrected chi connectivity index (χ3v) is 2.38. The smallest absolute Gasteiger partial charge is 0.141 e. The Morgan fingerprint density at radius 3 is 2.28 bits per heavy atom. The van der Waals surface area contributed by atoms with Crippen molar-refractivity contribution in [1.82, 2.24) is 15.0 Å².